The molecule has 4 rings (SSSR count). The van der Waals surface area contributed by atoms with E-state index in [1.165, 1.54) is 4.31 Å². The molecule has 1 atom stereocenters. The van der Waals surface area contributed by atoms with Gasteiger partial charge in [-0.15, -0.1) is 0 Å². The fraction of sp³-hybridized carbons (Fsp3) is 0.300. The maximum Gasteiger partial charge on any atom is 0.245 e. The van der Waals surface area contributed by atoms with Crippen molar-refractivity contribution >= 4 is 21.6 Å². The molecular weight excluding hydrogens is 398 g/mol. The highest BCUT2D eigenvalue weighted by Crippen LogP contribution is 2.36. The minimum atomic E-state index is -3.64. The second-order valence-electron chi connectivity index (χ2n) is 6.74. The molecule has 1 fully saturated rings. The van der Waals surface area contributed by atoms with Crippen LogP contribution in [0.4, 0.5) is 0 Å². The Morgan fingerprint density at radius 1 is 1.21 bits per heavy atom. The normalized spacial score (nSPS) is 17.9. The SMILES string of the molecule is CCc1ccc(S(=O)(=O)N2CCC[C@H]2c2nc(-c3cccc(Cl)c3)no2)cc1. The number of hydrogen-bond donors (Lipinski definition) is 0. The largest absolute Gasteiger partial charge is 0.337 e. The fourth-order valence-corrected chi connectivity index (χ4v) is 5.26. The van der Waals surface area contributed by atoms with E-state index in [-0.39, 0.29) is 4.90 Å². The number of benzene rings is 2. The Hall–Kier alpha value is -2.22. The summed E-state index contributed by atoms with van der Waals surface area (Å²) < 4.78 is 33.2. The summed E-state index contributed by atoms with van der Waals surface area (Å²) in [6.07, 6.45) is 2.25. The van der Waals surface area contributed by atoms with Crippen molar-refractivity contribution in [2.24, 2.45) is 0 Å². The van der Waals surface area contributed by atoms with Gasteiger partial charge in [-0.2, -0.15) is 9.29 Å². The first-order chi connectivity index (χ1) is 13.5. The third-order valence-electron chi connectivity index (χ3n) is 4.95. The molecule has 1 aliphatic rings. The van der Waals surface area contributed by atoms with Crippen LogP contribution in [0, 0.1) is 0 Å². The molecule has 1 aliphatic heterocycles. The van der Waals surface area contributed by atoms with Crippen molar-refractivity contribution in [3.05, 3.63) is 65.0 Å². The van der Waals surface area contributed by atoms with Crippen molar-refractivity contribution in [2.45, 2.75) is 37.1 Å². The van der Waals surface area contributed by atoms with E-state index in [9.17, 15) is 8.42 Å². The van der Waals surface area contributed by atoms with E-state index < -0.39 is 16.1 Å². The standard InChI is InChI=1S/C20H20ClN3O3S/c1-2-14-8-10-17(11-9-14)28(25,26)24-12-4-7-18(24)20-22-19(23-27-20)15-5-3-6-16(21)13-15/h3,5-6,8-11,13,18H,2,4,7,12H2,1H3/t18-/m0/s1. The van der Waals surface area contributed by atoms with E-state index >= 15 is 0 Å². The monoisotopic (exact) mass is 417 g/mol. The molecule has 0 saturated carbocycles. The van der Waals surface area contributed by atoms with Gasteiger partial charge in [0.2, 0.25) is 21.7 Å². The topological polar surface area (TPSA) is 76.3 Å². The lowest BCUT2D eigenvalue weighted by atomic mass is 10.2. The Labute approximate surface area is 169 Å². The molecular formula is C20H20ClN3O3S. The van der Waals surface area contributed by atoms with Gasteiger partial charge in [0.25, 0.3) is 0 Å². The van der Waals surface area contributed by atoms with Crippen LogP contribution < -0.4 is 0 Å². The number of sulfonamides is 1. The summed E-state index contributed by atoms with van der Waals surface area (Å²) in [4.78, 5) is 4.73. The number of aryl methyl sites for hydroxylation is 1. The van der Waals surface area contributed by atoms with E-state index in [1.807, 2.05) is 25.1 Å². The van der Waals surface area contributed by atoms with Crippen LogP contribution in [0.5, 0.6) is 0 Å². The van der Waals surface area contributed by atoms with Crippen LogP contribution in [0.1, 0.15) is 37.3 Å². The van der Waals surface area contributed by atoms with Crippen LogP contribution >= 0.6 is 11.6 Å². The van der Waals surface area contributed by atoms with Gasteiger partial charge in [-0.1, -0.05) is 47.9 Å². The van der Waals surface area contributed by atoms with Gasteiger partial charge in [-0.3, -0.25) is 0 Å². The van der Waals surface area contributed by atoms with Crippen LogP contribution in [0.2, 0.25) is 5.02 Å². The molecule has 2 aromatic carbocycles. The first-order valence-electron chi connectivity index (χ1n) is 9.19. The minimum Gasteiger partial charge on any atom is -0.337 e. The molecule has 0 amide bonds. The van der Waals surface area contributed by atoms with Gasteiger partial charge >= 0.3 is 0 Å². The van der Waals surface area contributed by atoms with Gasteiger partial charge in [0, 0.05) is 17.1 Å². The Morgan fingerprint density at radius 3 is 2.71 bits per heavy atom. The average molecular weight is 418 g/mol. The zero-order valence-corrected chi connectivity index (χ0v) is 16.9. The Morgan fingerprint density at radius 2 is 2.00 bits per heavy atom. The molecule has 0 radical (unpaired) electrons. The second kappa shape index (κ2) is 7.66. The number of hydrogen-bond acceptors (Lipinski definition) is 5. The Balaban J connectivity index is 1.63. The summed E-state index contributed by atoms with van der Waals surface area (Å²) in [7, 11) is -3.64. The quantitative estimate of drug-likeness (QED) is 0.611. The zero-order chi connectivity index (χ0) is 19.7. The predicted octanol–water partition coefficient (Wildman–Crippen LogP) is 4.48. The summed E-state index contributed by atoms with van der Waals surface area (Å²) in [6.45, 7) is 2.46. The maximum atomic E-state index is 13.2. The zero-order valence-electron chi connectivity index (χ0n) is 15.4. The van der Waals surface area contributed by atoms with Crippen LogP contribution in [0.25, 0.3) is 11.4 Å². The number of aromatic nitrogens is 2. The average Bonchev–Trinajstić information content (AvgIpc) is 3.37. The molecule has 146 valence electrons. The summed E-state index contributed by atoms with van der Waals surface area (Å²) in [6, 6.07) is 13.7. The number of nitrogens with zero attached hydrogens (tertiary/aromatic N) is 3. The molecule has 2 heterocycles. The lowest BCUT2D eigenvalue weighted by molar-refractivity contribution is 0.290. The molecule has 1 saturated heterocycles. The van der Waals surface area contributed by atoms with Crippen LogP contribution in [-0.4, -0.2) is 29.4 Å². The molecule has 0 bridgehead atoms. The third-order valence-corrected chi connectivity index (χ3v) is 7.11. The van der Waals surface area contributed by atoms with Crippen LogP contribution in [0.3, 0.4) is 0 Å². The highest BCUT2D eigenvalue weighted by atomic mass is 35.5. The van der Waals surface area contributed by atoms with Crippen molar-refractivity contribution < 1.29 is 12.9 Å². The summed E-state index contributed by atoms with van der Waals surface area (Å²) in [5.41, 5.74) is 1.82. The highest BCUT2D eigenvalue weighted by molar-refractivity contribution is 7.89. The molecule has 3 aromatic rings. The van der Waals surface area contributed by atoms with Crippen molar-refractivity contribution in [2.75, 3.05) is 6.54 Å². The number of rotatable bonds is 5. The molecule has 0 N–H and O–H groups in total. The molecule has 0 spiro atoms. The molecule has 8 heteroatoms. The van der Waals surface area contributed by atoms with Crippen molar-refractivity contribution in [3.8, 4) is 11.4 Å². The first-order valence-corrected chi connectivity index (χ1v) is 11.0. The smallest absolute Gasteiger partial charge is 0.245 e. The second-order valence-corrected chi connectivity index (χ2v) is 9.06. The lowest BCUT2D eigenvalue weighted by Crippen LogP contribution is -2.30. The Bertz CT molecular complexity index is 1080. The molecule has 6 nitrogen and oxygen atoms in total. The van der Waals surface area contributed by atoms with Crippen LogP contribution in [-0.2, 0) is 16.4 Å². The minimum absolute atomic E-state index is 0.283. The van der Waals surface area contributed by atoms with Gasteiger partial charge in [-0.25, -0.2) is 8.42 Å². The fourth-order valence-electron chi connectivity index (χ4n) is 3.42. The van der Waals surface area contributed by atoms with E-state index in [0.717, 1.165) is 24.0 Å². The summed E-state index contributed by atoms with van der Waals surface area (Å²) in [5.74, 6) is 0.704. The van der Waals surface area contributed by atoms with Gasteiger partial charge in [0.05, 0.1) is 4.90 Å². The van der Waals surface area contributed by atoms with E-state index in [4.69, 9.17) is 16.1 Å². The van der Waals surface area contributed by atoms with E-state index in [0.29, 0.717) is 29.7 Å². The Kier molecular flexibility index (Phi) is 5.23. The summed E-state index contributed by atoms with van der Waals surface area (Å²) >= 11 is 6.03. The van der Waals surface area contributed by atoms with Crippen molar-refractivity contribution in [1.29, 1.82) is 0 Å². The molecule has 0 aliphatic carbocycles. The van der Waals surface area contributed by atoms with Gasteiger partial charge in [0.15, 0.2) is 0 Å². The predicted molar refractivity (Wildman–Crippen MR) is 106 cm³/mol. The summed E-state index contributed by atoms with van der Waals surface area (Å²) in [5, 5.41) is 4.59. The van der Waals surface area contributed by atoms with Crippen molar-refractivity contribution in [3.63, 3.8) is 0 Å². The van der Waals surface area contributed by atoms with E-state index in [2.05, 4.69) is 10.1 Å². The maximum absolute atomic E-state index is 13.2. The van der Waals surface area contributed by atoms with Gasteiger partial charge in [0.1, 0.15) is 6.04 Å². The van der Waals surface area contributed by atoms with E-state index in [1.54, 1.807) is 30.3 Å². The van der Waals surface area contributed by atoms with Crippen LogP contribution in [0.15, 0.2) is 57.9 Å². The molecule has 1 aromatic heterocycles. The van der Waals surface area contributed by atoms with Gasteiger partial charge < -0.3 is 4.52 Å². The van der Waals surface area contributed by atoms with Gasteiger partial charge in [-0.05, 0) is 49.1 Å². The number of halogens is 1. The lowest BCUT2D eigenvalue weighted by Gasteiger charge is -2.21. The van der Waals surface area contributed by atoms with Crippen molar-refractivity contribution in [1.82, 2.24) is 14.4 Å². The molecule has 28 heavy (non-hydrogen) atoms. The first kappa shape index (κ1) is 19.1. The highest BCUT2D eigenvalue weighted by Gasteiger charge is 2.39. The molecule has 0 unspecified atom stereocenters. The third kappa shape index (κ3) is 3.57.